The molecule has 1 aromatic heterocycles. The molecular formula is C13H15NO4S2. The van der Waals surface area contributed by atoms with Gasteiger partial charge in [0.05, 0.1) is 14.2 Å². The number of ether oxygens (including phenoxy) is 2. The van der Waals surface area contributed by atoms with E-state index in [1.165, 1.54) is 11.3 Å². The Hall–Kier alpha value is -1.57. The van der Waals surface area contributed by atoms with E-state index in [4.69, 9.17) is 9.47 Å². The lowest BCUT2D eigenvalue weighted by atomic mass is 10.2. The molecule has 0 radical (unpaired) electrons. The molecule has 0 saturated heterocycles. The number of rotatable bonds is 6. The maximum Gasteiger partial charge on any atom is 0.250 e. The van der Waals surface area contributed by atoms with Gasteiger partial charge >= 0.3 is 0 Å². The van der Waals surface area contributed by atoms with Gasteiger partial charge in [-0.05, 0) is 29.1 Å². The number of sulfonamides is 1. The van der Waals surface area contributed by atoms with Crippen LogP contribution in [0.25, 0.3) is 0 Å². The van der Waals surface area contributed by atoms with Crippen molar-refractivity contribution in [1.29, 1.82) is 0 Å². The smallest absolute Gasteiger partial charge is 0.250 e. The first-order valence-electron chi connectivity index (χ1n) is 5.80. The fraction of sp³-hybridized carbons (Fsp3) is 0.231. The molecule has 1 heterocycles. The van der Waals surface area contributed by atoms with E-state index in [9.17, 15) is 8.42 Å². The maximum atomic E-state index is 12.0. The Labute approximate surface area is 122 Å². The zero-order chi connectivity index (χ0) is 14.6. The van der Waals surface area contributed by atoms with Crippen LogP contribution < -0.4 is 14.2 Å². The predicted octanol–water partition coefficient (Wildman–Crippen LogP) is 2.24. The van der Waals surface area contributed by atoms with Crippen molar-refractivity contribution < 1.29 is 17.9 Å². The molecule has 0 amide bonds. The molecule has 0 atom stereocenters. The molecule has 2 aromatic rings. The van der Waals surface area contributed by atoms with Gasteiger partial charge in [0.25, 0.3) is 0 Å². The fourth-order valence-electron chi connectivity index (χ4n) is 1.63. The van der Waals surface area contributed by atoms with Crippen LogP contribution in [0.3, 0.4) is 0 Å². The first-order valence-corrected chi connectivity index (χ1v) is 8.16. The minimum absolute atomic E-state index is 0.174. The molecule has 0 aliphatic heterocycles. The second-order valence-corrected chi connectivity index (χ2v) is 6.92. The molecule has 2 rings (SSSR count). The van der Waals surface area contributed by atoms with Crippen LogP contribution in [0.4, 0.5) is 0 Å². The van der Waals surface area contributed by atoms with Crippen LogP contribution in [0.15, 0.2) is 39.9 Å². The highest BCUT2D eigenvalue weighted by molar-refractivity contribution is 7.91. The van der Waals surface area contributed by atoms with E-state index in [1.54, 1.807) is 49.9 Å². The van der Waals surface area contributed by atoms with Gasteiger partial charge in [0.15, 0.2) is 0 Å². The Kier molecular flexibility index (Phi) is 4.64. The van der Waals surface area contributed by atoms with E-state index in [1.807, 2.05) is 0 Å². The van der Waals surface area contributed by atoms with E-state index >= 15 is 0 Å². The van der Waals surface area contributed by atoms with Crippen LogP contribution in [0.5, 0.6) is 11.5 Å². The molecule has 0 aliphatic carbocycles. The summed E-state index contributed by atoms with van der Waals surface area (Å²) in [6.07, 6.45) is 0. The molecule has 0 aliphatic rings. The third-order valence-corrected chi connectivity index (χ3v) is 5.44. The lowest BCUT2D eigenvalue weighted by Gasteiger charge is -2.09. The molecule has 1 N–H and O–H groups in total. The van der Waals surface area contributed by atoms with Gasteiger partial charge in [-0.1, -0.05) is 6.07 Å². The molecule has 1 aromatic carbocycles. The van der Waals surface area contributed by atoms with Gasteiger partial charge in [-0.15, -0.1) is 11.3 Å². The van der Waals surface area contributed by atoms with E-state index < -0.39 is 10.0 Å². The quantitative estimate of drug-likeness (QED) is 0.888. The third kappa shape index (κ3) is 3.50. The topological polar surface area (TPSA) is 64.6 Å². The maximum absolute atomic E-state index is 12.0. The van der Waals surface area contributed by atoms with Gasteiger partial charge in [0, 0.05) is 12.6 Å². The molecule has 0 fully saturated rings. The molecule has 20 heavy (non-hydrogen) atoms. The number of thiophene rings is 1. The SMILES string of the molecule is COc1cc(CNS(=O)(=O)c2cccs2)cc(OC)c1. The summed E-state index contributed by atoms with van der Waals surface area (Å²) in [6, 6.07) is 8.53. The number of benzene rings is 1. The van der Waals surface area contributed by atoms with E-state index in [0.29, 0.717) is 15.7 Å². The number of nitrogens with one attached hydrogen (secondary N) is 1. The molecule has 7 heteroatoms. The van der Waals surface area contributed by atoms with Crippen molar-refractivity contribution in [2.24, 2.45) is 0 Å². The van der Waals surface area contributed by atoms with Crippen LogP contribution in [0.1, 0.15) is 5.56 Å². The van der Waals surface area contributed by atoms with Crippen LogP contribution in [-0.4, -0.2) is 22.6 Å². The third-order valence-electron chi connectivity index (χ3n) is 2.64. The first-order chi connectivity index (χ1) is 9.55. The fourth-order valence-corrected chi connectivity index (χ4v) is 3.69. The van der Waals surface area contributed by atoms with Gasteiger partial charge in [-0.2, -0.15) is 0 Å². The lowest BCUT2D eigenvalue weighted by Crippen LogP contribution is -2.22. The Morgan fingerprint density at radius 1 is 1.15 bits per heavy atom. The second-order valence-electron chi connectivity index (χ2n) is 3.98. The molecule has 0 spiro atoms. The first kappa shape index (κ1) is 14.8. The molecule has 0 bridgehead atoms. The monoisotopic (exact) mass is 313 g/mol. The summed E-state index contributed by atoms with van der Waals surface area (Å²) in [7, 11) is -0.367. The Morgan fingerprint density at radius 2 is 1.80 bits per heavy atom. The van der Waals surface area contributed by atoms with Crippen molar-refractivity contribution in [1.82, 2.24) is 4.72 Å². The molecule has 5 nitrogen and oxygen atoms in total. The van der Waals surface area contributed by atoms with Crippen LogP contribution in [0.2, 0.25) is 0 Å². The average molecular weight is 313 g/mol. The number of hydrogen-bond donors (Lipinski definition) is 1. The summed E-state index contributed by atoms with van der Waals surface area (Å²) in [4.78, 5) is 0. The second kappa shape index (κ2) is 6.25. The molecule has 0 saturated carbocycles. The summed E-state index contributed by atoms with van der Waals surface area (Å²) in [5.41, 5.74) is 0.765. The van der Waals surface area contributed by atoms with Gasteiger partial charge < -0.3 is 9.47 Å². The van der Waals surface area contributed by atoms with Crippen molar-refractivity contribution in [2.45, 2.75) is 10.8 Å². The van der Waals surface area contributed by atoms with Gasteiger partial charge in [-0.25, -0.2) is 13.1 Å². The molecular weight excluding hydrogens is 298 g/mol. The lowest BCUT2D eigenvalue weighted by molar-refractivity contribution is 0.393. The summed E-state index contributed by atoms with van der Waals surface area (Å²) in [5.74, 6) is 1.24. The Morgan fingerprint density at radius 3 is 2.30 bits per heavy atom. The summed E-state index contributed by atoms with van der Waals surface area (Å²) < 4.78 is 37.2. The zero-order valence-corrected chi connectivity index (χ0v) is 12.8. The minimum atomic E-state index is -3.47. The molecule has 108 valence electrons. The zero-order valence-electron chi connectivity index (χ0n) is 11.1. The summed E-state index contributed by atoms with van der Waals surface area (Å²) in [6.45, 7) is 0.174. The van der Waals surface area contributed by atoms with E-state index in [2.05, 4.69) is 4.72 Å². The standard InChI is InChI=1S/C13H15NO4S2/c1-17-11-6-10(7-12(8-11)18-2)9-14-20(15,16)13-4-3-5-19-13/h3-8,14H,9H2,1-2H3. The van der Waals surface area contributed by atoms with Gasteiger partial charge in [0.2, 0.25) is 10.0 Å². The highest BCUT2D eigenvalue weighted by Gasteiger charge is 2.14. The summed E-state index contributed by atoms with van der Waals surface area (Å²) >= 11 is 1.18. The van der Waals surface area contributed by atoms with E-state index in [0.717, 1.165) is 5.56 Å². The average Bonchev–Trinajstić information content (AvgIpc) is 3.00. The normalized spacial score (nSPS) is 11.3. The number of methoxy groups -OCH3 is 2. The number of hydrogen-bond acceptors (Lipinski definition) is 5. The van der Waals surface area contributed by atoms with Crippen molar-refractivity contribution in [3.63, 3.8) is 0 Å². The van der Waals surface area contributed by atoms with Crippen molar-refractivity contribution in [3.8, 4) is 11.5 Å². The summed E-state index contributed by atoms with van der Waals surface area (Å²) in [5, 5.41) is 1.73. The van der Waals surface area contributed by atoms with Crippen molar-refractivity contribution in [2.75, 3.05) is 14.2 Å². The van der Waals surface area contributed by atoms with Crippen LogP contribution >= 0.6 is 11.3 Å². The molecule has 0 unspecified atom stereocenters. The Bertz CT molecular complexity index is 643. The predicted molar refractivity (Wildman–Crippen MR) is 77.9 cm³/mol. The van der Waals surface area contributed by atoms with E-state index in [-0.39, 0.29) is 6.54 Å². The highest BCUT2D eigenvalue weighted by atomic mass is 32.2. The largest absolute Gasteiger partial charge is 0.497 e. The minimum Gasteiger partial charge on any atom is -0.497 e. The van der Waals surface area contributed by atoms with Gasteiger partial charge in [-0.3, -0.25) is 0 Å². The van der Waals surface area contributed by atoms with Crippen LogP contribution in [0, 0.1) is 0 Å². The van der Waals surface area contributed by atoms with Crippen molar-refractivity contribution >= 4 is 21.4 Å². The highest BCUT2D eigenvalue weighted by Crippen LogP contribution is 2.23. The Balaban J connectivity index is 2.15. The van der Waals surface area contributed by atoms with Crippen molar-refractivity contribution in [3.05, 3.63) is 41.3 Å². The van der Waals surface area contributed by atoms with Crippen LogP contribution in [-0.2, 0) is 16.6 Å². The van der Waals surface area contributed by atoms with Gasteiger partial charge in [0.1, 0.15) is 15.7 Å².